The topological polar surface area (TPSA) is 12.0 Å². The fraction of sp³-hybridized carbons (Fsp3) is 1.00. The number of hydrogen-bond donors (Lipinski definition) is 1. The largest absolute Gasteiger partial charge is 0.315 e. The maximum Gasteiger partial charge on any atom is 0.00103 e. The highest BCUT2D eigenvalue weighted by Crippen LogP contribution is 2.34. The second-order valence-corrected chi connectivity index (χ2v) is 7.83. The van der Waals surface area contributed by atoms with Crippen LogP contribution in [0, 0.1) is 17.3 Å². The molecule has 0 bridgehead atoms. The maximum absolute atomic E-state index is 3.55. The van der Waals surface area contributed by atoms with Crippen molar-refractivity contribution in [2.75, 3.05) is 6.54 Å². The summed E-state index contributed by atoms with van der Waals surface area (Å²) in [6.07, 6.45) is 8.22. The summed E-state index contributed by atoms with van der Waals surface area (Å²) in [5.74, 6) is 1.74. The van der Waals surface area contributed by atoms with Gasteiger partial charge in [0, 0.05) is 6.04 Å². The third-order valence-electron chi connectivity index (χ3n) is 4.16. The van der Waals surface area contributed by atoms with Gasteiger partial charge >= 0.3 is 0 Å². The summed E-state index contributed by atoms with van der Waals surface area (Å²) in [5.41, 5.74) is 0.521. The van der Waals surface area contributed by atoms with Gasteiger partial charge in [-0.1, -0.05) is 67.7 Å². The molecule has 0 aromatic heterocycles. The smallest absolute Gasteiger partial charge is 0.00103 e. The summed E-state index contributed by atoms with van der Waals surface area (Å²) >= 11 is 0. The second-order valence-electron chi connectivity index (χ2n) is 7.83. The number of nitrogens with one attached hydrogen (secondary N) is 1. The van der Waals surface area contributed by atoms with Crippen LogP contribution in [0.25, 0.3) is 0 Å². The summed E-state index contributed by atoms with van der Waals surface area (Å²) in [6, 6.07) is 0.622. The Morgan fingerprint density at radius 1 is 1.00 bits per heavy atom. The van der Waals surface area contributed by atoms with Crippen LogP contribution in [0.3, 0.4) is 0 Å². The van der Waals surface area contributed by atoms with Gasteiger partial charge in [-0.05, 0) is 43.1 Å². The van der Waals surface area contributed by atoms with Crippen LogP contribution in [0.5, 0.6) is 0 Å². The van der Waals surface area contributed by atoms with E-state index in [0.29, 0.717) is 11.5 Å². The summed E-state index contributed by atoms with van der Waals surface area (Å²) in [4.78, 5) is 0. The summed E-state index contributed by atoms with van der Waals surface area (Å²) in [5, 5.41) is 3.55. The predicted molar refractivity (Wildman–Crippen MR) is 88.6 cm³/mol. The first-order chi connectivity index (χ1) is 8.76. The third-order valence-corrected chi connectivity index (χ3v) is 4.16. The van der Waals surface area contributed by atoms with Crippen molar-refractivity contribution in [3.8, 4) is 0 Å². The molecule has 0 radical (unpaired) electrons. The van der Waals surface area contributed by atoms with E-state index in [4.69, 9.17) is 0 Å². The van der Waals surface area contributed by atoms with Gasteiger partial charge in [0.05, 0.1) is 0 Å². The number of hydrogen-bond acceptors (Lipinski definition) is 1. The molecule has 0 aliphatic heterocycles. The molecule has 1 unspecified atom stereocenters. The maximum atomic E-state index is 3.55. The van der Waals surface area contributed by atoms with Gasteiger partial charge < -0.3 is 5.32 Å². The van der Waals surface area contributed by atoms with Crippen molar-refractivity contribution in [1.82, 2.24) is 5.32 Å². The quantitative estimate of drug-likeness (QED) is 0.511. The molecule has 0 aromatic rings. The van der Waals surface area contributed by atoms with Crippen molar-refractivity contribution < 1.29 is 0 Å². The fourth-order valence-electron chi connectivity index (χ4n) is 2.90. The van der Waals surface area contributed by atoms with E-state index in [1.54, 1.807) is 0 Å². The van der Waals surface area contributed by atoms with Crippen LogP contribution in [0.15, 0.2) is 0 Å². The van der Waals surface area contributed by atoms with Crippen molar-refractivity contribution in [3.05, 3.63) is 0 Å². The Bertz CT molecular complexity index is 206. The Kier molecular flexibility index (Phi) is 9.78. The average Bonchev–Trinajstić information content (AvgIpc) is 2.26. The lowest BCUT2D eigenvalue weighted by molar-refractivity contribution is 0.223. The van der Waals surface area contributed by atoms with Gasteiger partial charge in [-0.2, -0.15) is 0 Å². The highest BCUT2D eigenvalue weighted by Gasteiger charge is 2.22. The molecular formula is C18H39N. The molecule has 19 heavy (non-hydrogen) atoms. The third kappa shape index (κ3) is 11.5. The molecule has 1 heteroatoms. The van der Waals surface area contributed by atoms with E-state index in [-0.39, 0.29) is 0 Å². The highest BCUT2D eigenvalue weighted by molar-refractivity contribution is 4.74. The molecule has 0 saturated carbocycles. The van der Waals surface area contributed by atoms with Crippen molar-refractivity contribution in [2.24, 2.45) is 17.3 Å². The molecule has 0 aromatic carbocycles. The van der Waals surface area contributed by atoms with Gasteiger partial charge in [0.1, 0.15) is 0 Å². The Labute approximate surface area is 122 Å². The first-order valence-corrected chi connectivity index (χ1v) is 8.50. The highest BCUT2D eigenvalue weighted by atomic mass is 14.9. The normalized spacial score (nSPS) is 14.4. The van der Waals surface area contributed by atoms with E-state index in [0.717, 1.165) is 11.8 Å². The lowest BCUT2D eigenvalue weighted by Crippen LogP contribution is -2.26. The van der Waals surface area contributed by atoms with E-state index in [1.807, 2.05) is 0 Å². The van der Waals surface area contributed by atoms with E-state index >= 15 is 0 Å². The zero-order valence-corrected chi connectivity index (χ0v) is 14.7. The predicted octanol–water partition coefficient (Wildman–Crippen LogP) is 5.64. The minimum Gasteiger partial charge on any atom is -0.315 e. The molecule has 0 aliphatic rings. The first-order valence-electron chi connectivity index (χ1n) is 8.50. The Morgan fingerprint density at radius 3 is 2.11 bits per heavy atom. The minimum absolute atomic E-state index is 0.521. The molecule has 0 heterocycles. The zero-order chi connectivity index (χ0) is 14.9. The molecule has 1 nitrogen and oxygen atoms in total. The van der Waals surface area contributed by atoms with Gasteiger partial charge in [-0.3, -0.25) is 0 Å². The van der Waals surface area contributed by atoms with Crippen LogP contribution in [0.1, 0.15) is 87.0 Å². The minimum atomic E-state index is 0.521. The fourth-order valence-corrected chi connectivity index (χ4v) is 2.90. The lowest BCUT2D eigenvalue weighted by atomic mass is 9.76. The molecule has 1 atom stereocenters. The van der Waals surface area contributed by atoms with Crippen LogP contribution < -0.4 is 5.32 Å². The van der Waals surface area contributed by atoms with Gasteiger partial charge in [-0.25, -0.2) is 0 Å². The molecule has 116 valence electrons. The summed E-state index contributed by atoms with van der Waals surface area (Å²) in [7, 11) is 0. The van der Waals surface area contributed by atoms with Crippen molar-refractivity contribution in [1.29, 1.82) is 0 Å². The SMILES string of the molecule is CCC(CCNC(C)C)CC(C)(C)CCCC(C)C. The Morgan fingerprint density at radius 2 is 1.63 bits per heavy atom. The van der Waals surface area contributed by atoms with Crippen molar-refractivity contribution in [2.45, 2.75) is 93.0 Å². The van der Waals surface area contributed by atoms with Gasteiger partial charge in [-0.15, -0.1) is 0 Å². The molecule has 0 spiro atoms. The first kappa shape index (κ1) is 19.0. The number of rotatable bonds is 11. The van der Waals surface area contributed by atoms with Crippen molar-refractivity contribution in [3.63, 3.8) is 0 Å². The van der Waals surface area contributed by atoms with E-state index < -0.39 is 0 Å². The molecule has 1 N–H and O–H groups in total. The molecule has 0 rings (SSSR count). The van der Waals surface area contributed by atoms with Crippen LogP contribution in [-0.2, 0) is 0 Å². The zero-order valence-electron chi connectivity index (χ0n) is 14.7. The molecule has 0 fully saturated rings. The van der Waals surface area contributed by atoms with E-state index in [9.17, 15) is 0 Å². The Balaban J connectivity index is 3.97. The van der Waals surface area contributed by atoms with Crippen LogP contribution in [0.2, 0.25) is 0 Å². The van der Waals surface area contributed by atoms with Crippen LogP contribution in [0.4, 0.5) is 0 Å². The Hall–Kier alpha value is -0.0400. The van der Waals surface area contributed by atoms with Gasteiger partial charge in [0.15, 0.2) is 0 Å². The summed E-state index contributed by atoms with van der Waals surface area (Å²) in [6.45, 7) is 17.6. The molecular weight excluding hydrogens is 230 g/mol. The lowest BCUT2D eigenvalue weighted by Gasteiger charge is -2.30. The van der Waals surface area contributed by atoms with E-state index in [2.05, 4.69) is 53.8 Å². The van der Waals surface area contributed by atoms with Gasteiger partial charge in [0.25, 0.3) is 0 Å². The summed E-state index contributed by atoms with van der Waals surface area (Å²) < 4.78 is 0. The van der Waals surface area contributed by atoms with E-state index in [1.165, 1.54) is 45.1 Å². The molecule has 0 aliphatic carbocycles. The van der Waals surface area contributed by atoms with Crippen LogP contribution in [-0.4, -0.2) is 12.6 Å². The monoisotopic (exact) mass is 269 g/mol. The average molecular weight is 270 g/mol. The van der Waals surface area contributed by atoms with Gasteiger partial charge in [0.2, 0.25) is 0 Å². The molecule has 0 saturated heterocycles. The van der Waals surface area contributed by atoms with Crippen LogP contribution >= 0.6 is 0 Å². The standard InChI is InChI=1S/C18H39N/c1-8-17(11-13-19-16(4)5)14-18(6,7)12-9-10-15(2)3/h15-17,19H,8-14H2,1-7H3. The van der Waals surface area contributed by atoms with Crippen molar-refractivity contribution >= 4 is 0 Å². The second kappa shape index (κ2) is 9.80. The molecule has 0 amide bonds.